The van der Waals surface area contributed by atoms with E-state index in [0.29, 0.717) is 27.6 Å². The SMILES string of the molecule is C=CCn1c(C(=O)Nc2nnc(CCC)s2)cc2oc(Br)cc21. The minimum atomic E-state index is -0.242. The molecule has 23 heavy (non-hydrogen) atoms. The van der Waals surface area contributed by atoms with Crippen molar-refractivity contribution in [2.45, 2.75) is 26.3 Å². The molecule has 0 spiro atoms. The number of amides is 1. The Balaban J connectivity index is 1.88. The number of nitrogens with zero attached hydrogens (tertiary/aromatic N) is 3. The Morgan fingerprint density at radius 1 is 1.52 bits per heavy atom. The van der Waals surface area contributed by atoms with Gasteiger partial charge in [0, 0.05) is 25.1 Å². The lowest BCUT2D eigenvalue weighted by Crippen LogP contribution is -2.16. The van der Waals surface area contributed by atoms with Gasteiger partial charge in [-0.3, -0.25) is 10.1 Å². The highest BCUT2D eigenvalue weighted by molar-refractivity contribution is 9.10. The largest absolute Gasteiger partial charge is 0.448 e. The van der Waals surface area contributed by atoms with Crippen molar-refractivity contribution in [3.05, 3.63) is 40.2 Å². The third-order valence-electron chi connectivity index (χ3n) is 3.26. The van der Waals surface area contributed by atoms with Crippen molar-refractivity contribution in [2.24, 2.45) is 0 Å². The van der Waals surface area contributed by atoms with Crippen LogP contribution >= 0.6 is 27.3 Å². The van der Waals surface area contributed by atoms with E-state index in [4.69, 9.17) is 4.42 Å². The van der Waals surface area contributed by atoms with Crippen molar-refractivity contribution < 1.29 is 9.21 Å². The number of anilines is 1. The number of hydrogen-bond donors (Lipinski definition) is 1. The lowest BCUT2D eigenvalue weighted by atomic mass is 10.4. The van der Waals surface area contributed by atoms with E-state index >= 15 is 0 Å². The first-order valence-corrected chi connectivity index (χ1v) is 8.76. The van der Waals surface area contributed by atoms with Crippen LogP contribution < -0.4 is 5.32 Å². The van der Waals surface area contributed by atoms with Crippen molar-refractivity contribution in [1.82, 2.24) is 14.8 Å². The fraction of sp³-hybridized carbons (Fsp3) is 0.267. The molecule has 3 aromatic heterocycles. The predicted molar refractivity (Wildman–Crippen MR) is 94.0 cm³/mol. The van der Waals surface area contributed by atoms with Gasteiger partial charge in [0.25, 0.3) is 5.91 Å². The monoisotopic (exact) mass is 394 g/mol. The second kappa shape index (κ2) is 6.67. The second-order valence-electron chi connectivity index (χ2n) is 4.93. The minimum absolute atomic E-state index is 0.242. The standard InChI is InChI=1S/C15H15BrN4O2S/c1-3-5-13-18-19-15(23-13)17-14(21)10-7-11-9(8-12(16)22-11)20(10)6-4-2/h4,7-8H,2-3,5-6H2,1H3,(H,17,19,21). The van der Waals surface area contributed by atoms with Crippen LogP contribution in [0.4, 0.5) is 5.13 Å². The van der Waals surface area contributed by atoms with Crippen LogP contribution in [-0.4, -0.2) is 20.7 Å². The molecule has 0 saturated carbocycles. The summed E-state index contributed by atoms with van der Waals surface area (Å²) in [6, 6.07) is 3.55. The summed E-state index contributed by atoms with van der Waals surface area (Å²) in [5.41, 5.74) is 1.98. The normalized spacial score (nSPS) is 11.0. The highest BCUT2D eigenvalue weighted by atomic mass is 79.9. The summed E-state index contributed by atoms with van der Waals surface area (Å²) >= 11 is 4.70. The summed E-state index contributed by atoms with van der Waals surface area (Å²) in [7, 11) is 0. The maximum Gasteiger partial charge on any atom is 0.274 e. The molecule has 0 saturated heterocycles. The molecule has 1 amide bonds. The molecule has 0 aromatic carbocycles. The van der Waals surface area contributed by atoms with Crippen LogP contribution in [0, 0.1) is 0 Å². The maximum absolute atomic E-state index is 12.5. The van der Waals surface area contributed by atoms with Crippen LogP contribution in [0.3, 0.4) is 0 Å². The summed E-state index contributed by atoms with van der Waals surface area (Å²) in [5.74, 6) is -0.242. The molecule has 0 radical (unpaired) electrons. The van der Waals surface area contributed by atoms with Crippen molar-refractivity contribution in [3.8, 4) is 0 Å². The number of carbonyl (C=O) groups is 1. The number of hydrogen-bond acceptors (Lipinski definition) is 5. The van der Waals surface area contributed by atoms with Crippen LogP contribution in [0.5, 0.6) is 0 Å². The molecule has 3 heterocycles. The third-order valence-corrected chi connectivity index (χ3v) is 4.54. The minimum Gasteiger partial charge on any atom is -0.448 e. The van der Waals surface area contributed by atoms with Gasteiger partial charge >= 0.3 is 0 Å². The van der Waals surface area contributed by atoms with Gasteiger partial charge in [0.2, 0.25) is 5.13 Å². The first-order chi connectivity index (χ1) is 11.1. The first kappa shape index (κ1) is 15.9. The number of allylic oxidation sites excluding steroid dienone is 1. The summed E-state index contributed by atoms with van der Waals surface area (Å²) < 4.78 is 8.00. The average Bonchev–Trinajstić information content (AvgIpc) is 3.16. The van der Waals surface area contributed by atoms with E-state index < -0.39 is 0 Å². The van der Waals surface area contributed by atoms with Crippen molar-refractivity contribution in [2.75, 3.05) is 5.32 Å². The van der Waals surface area contributed by atoms with E-state index in [0.717, 1.165) is 23.4 Å². The molecular formula is C15H15BrN4O2S. The predicted octanol–water partition coefficient (Wildman–Crippen LogP) is 4.24. The Hall–Kier alpha value is -1.93. The Morgan fingerprint density at radius 2 is 2.35 bits per heavy atom. The van der Waals surface area contributed by atoms with E-state index in [1.807, 2.05) is 10.6 Å². The fourth-order valence-corrected chi connectivity index (χ4v) is 3.53. The molecule has 0 aliphatic rings. The van der Waals surface area contributed by atoms with Gasteiger partial charge in [0.1, 0.15) is 10.7 Å². The molecule has 0 aliphatic carbocycles. The van der Waals surface area contributed by atoms with Gasteiger partial charge in [0.15, 0.2) is 10.3 Å². The van der Waals surface area contributed by atoms with E-state index in [9.17, 15) is 4.79 Å². The quantitative estimate of drug-likeness (QED) is 0.634. The topological polar surface area (TPSA) is 73.0 Å². The zero-order chi connectivity index (χ0) is 16.4. The van der Waals surface area contributed by atoms with Gasteiger partial charge in [-0.1, -0.05) is 24.3 Å². The molecule has 120 valence electrons. The molecule has 0 atom stereocenters. The molecule has 1 N–H and O–H groups in total. The van der Waals surface area contributed by atoms with Crippen molar-refractivity contribution in [3.63, 3.8) is 0 Å². The highest BCUT2D eigenvalue weighted by Gasteiger charge is 2.19. The highest BCUT2D eigenvalue weighted by Crippen LogP contribution is 2.28. The van der Waals surface area contributed by atoms with Crippen LogP contribution in [0.25, 0.3) is 11.1 Å². The van der Waals surface area contributed by atoms with Gasteiger partial charge in [-0.05, 0) is 22.4 Å². The van der Waals surface area contributed by atoms with Crippen molar-refractivity contribution >= 4 is 49.4 Å². The van der Waals surface area contributed by atoms with E-state index in [-0.39, 0.29) is 5.91 Å². The lowest BCUT2D eigenvalue weighted by molar-refractivity contribution is 0.101. The van der Waals surface area contributed by atoms with Gasteiger partial charge in [0.05, 0.1) is 5.52 Å². The van der Waals surface area contributed by atoms with Gasteiger partial charge in [-0.25, -0.2) is 0 Å². The van der Waals surface area contributed by atoms with E-state index in [1.165, 1.54) is 11.3 Å². The van der Waals surface area contributed by atoms with Gasteiger partial charge in [-0.15, -0.1) is 16.8 Å². The van der Waals surface area contributed by atoms with Crippen molar-refractivity contribution in [1.29, 1.82) is 0 Å². The van der Waals surface area contributed by atoms with Gasteiger partial charge in [-0.2, -0.15) is 0 Å². The lowest BCUT2D eigenvalue weighted by Gasteiger charge is -2.06. The Kier molecular flexibility index (Phi) is 4.63. The summed E-state index contributed by atoms with van der Waals surface area (Å²) in [6.45, 7) is 6.33. The summed E-state index contributed by atoms with van der Waals surface area (Å²) in [5, 5.41) is 12.3. The number of carbonyl (C=O) groups excluding carboxylic acids is 1. The number of furan rings is 1. The van der Waals surface area contributed by atoms with Gasteiger partial charge < -0.3 is 8.98 Å². The molecule has 6 nitrogen and oxygen atoms in total. The first-order valence-electron chi connectivity index (χ1n) is 7.15. The molecule has 8 heteroatoms. The molecule has 0 bridgehead atoms. The molecule has 0 fully saturated rings. The number of halogens is 1. The average molecular weight is 395 g/mol. The molecule has 0 aliphatic heterocycles. The van der Waals surface area contributed by atoms with E-state index in [1.54, 1.807) is 12.1 Å². The Morgan fingerprint density at radius 3 is 3.09 bits per heavy atom. The van der Waals surface area contributed by atoms with E-state index in [2.05, 4.69) is 44.9 Å². The second-order valence-corrected chi connectivity index (χ2v) is 6.78. The summed E-state index contributed by atoms with van der Waals surface area (Å²) in [4.78, 5) is 12.5. The Labute approximate surface area is 145 Å². The third kappa shape index (κ3) is 3.23. The number of aryl methyl sites for hydroxylation is 1. The smallest absolute Gasteiger partial charge is 0.274 e. The zero-order valence-electron chi connectivity index (χ0n) is 12.5. The number of rotatable bonds is 6. The molecular weight excluding hydrogens is 380 g/mol. The van der Waals surface area contributed by atoms with Crippen LogP contribution in [0.1, 0.15) is 28.8 Å². The fourth-order valence-electron chi connectivity index (χ4n) is 2.31. The van der Waals surface area contributed by atoms with Crippen LogP contribution in [0.2, 0.25) is 0 Å². The zero-order valence-corrected chi connectivity index (χ0v) is 14.9. The maximum atomic E-state index is 12.5. The summed E-state index contributed by atoms with van der Waals surface area (Å²) in [6.07, 6.45) is 3.60. The number of aromatic nitrogens is 3. The Bertz CT molecular complexity index is 864. The molecule has 3 rings (SSSR count). The molecule has 3 aromatic rings. The van der Waals surface area contributed by atoms with Crippen LogP contribution in [-0.2, 0) is 13.0 Å². The van der Waals surface area contributed by atoms with Crippen LogP contribution in [0.15, 0.2) is 33.9 Å². The molecule has 0 unspecified atom stereocenters. The number of nitrogens with one attached hydrogen (secondary N) is 1. The number of fused-ring (bicyclic) bond motifs is 1.